The minimum absolute atomic E-state index is 0.196. The second kappa shape index (κ2) is 17.2. The van der Waals surface area contributed by atoms with E-state index in [0.29, 0.717) is 6.42 Å². The SMILES string of the molecule is CC#CC#C/C=C/C=C/C=C/CCO.CC(=O)O. The molecule has 0 radical (unpaired) electrons. The predicted octanol–water partition coefficient (Wildman–Crippen LogP) is 2.15. The van der Waals surface area contributed by atoms with Gasteiger partial charge in [0, 0.05) is 13.5 Å². The highest BCUT2D eigenvalue weighted by atomic mass is 16.4. The summed E-state index contributed by atoms with van der Waals surface area (Å²) in [5.41, 5.74) is 0. The van der Waals surface area contributed by atoms with Gasteiger partial charge in [0.1, 0.15) is 0 Å². The molecule has 0 aliphatic heterocycles. The molecule has 0 saturated carbocycles. The summed E-state index contributed by atoms with van der Waals surface area (Å²) in [6.45, 7) is 3.03. The van der Waals surface area contributed by atoms with Gasteiger partial charge in [0.15, 0.2) is 0 Å². The third-order valence-electron chi connectivity index (χ3n) is 1.20. The molecule has 0 bridgehead atoms. The number of aliphatic hydroxyl groups is 1. The molecule has 0 spiro atoms. The first-order valence-corrected chi connectivity index (χ1v) is 5.36. The van der Waals surface area contributed by atoms with Crippen LogP contribution in [0.25, 0.3) is 0 Å². The number of hydrogen-bond acceptors (Lipinski definition) is 2. The van der Waals surface area contributed by atoms with Crippen LogP contribution in [0.2, 0.25) is 0 Å². The number of rotatable bonds is 4. The van der Waals surface area contributed by atoms with Crippen molar-refractivity contribution in [3.63, 3.8) is 0 Å². The van der Waals surface area contributed by atoms with Gasteiger partial charge in [-0.05, 0) is 31.3 Å². The number of aliphatic carboxylic acids is 1. The summed E-state index contributed by atoms with van der Waals surface area (Å²) < 4.78 is 0. The van der Waals surface area contributed by atoms with Crippen LogP contribution in [-0.4, -0.2) is 22.8 Å². The van der Waals surface area contributed by atoms with Gasteiger partial charge in [-0.1, -0.05) is 42.2 Å². The van der Waals surface area contributed by atoms with E-state index in [2.05, 4.69) is 23.7 Å². The van der Waals surface area contributed by atoms with Crippen LogP contribution in [-0.2, 0) is 4.79 Å². The van der Waals surface area contributed by atoms with Crippen molar-refractivity contribution >= 4 is 5.97 Å². The summed E-state index contributed by atoms with van der Waals surface area (Å²) in [7, 11) is 0. The van der Waals surface area contributed by atoms with E-state index in [1.165, 1.54) is 0 Å². The lowest BCUT2D eigenvalue weighted by molar-refractivity contribution is -0.134. The van der Waals surface area contributed by atoms with Gasteiger partial charge < -0.3 is 10.2 Å². The topological polar surface area (TPSA) is 57.5 Å². The molecule has 0 aliphatic rings. The van der Waals surface area contributed by atoms with E-state index in [1.807, 2.05) is 30.4 Å². The lowest BCUT2D eigenvalue weighted by atomic mass is 10.3. The Hall–Kier alpha value is -2.23. The number of carboxylic acids is 1. The highest BCUT2D eigenvalue weighted by Crippen LogP contribution is 1.83. The molecule has 18 heavy (non-hydrogen) atoms. The van der Waals surface area contributed by atoms with Crippen LogP contribution in [0.5, 0.6) is 0 Å². The fourth-order valence-electron chi connectivity index (χ4n) is 0.622. The van der Waals surface area contributed by atoms with E-state index >= 15 is 0 Å². The number of allylic oxidation sites excluding steroid dienone is 5. The van der Waals surface area contributed by atoms with Crippen molar-refractivity contribution in [1.29, 1.82) is 0 Å². The summed E-state index contributed by atoms with van der Waals surface area (Å²) in [5, 5.41) is 15.9. The Kier molecular flexibility index (Phi) is 17.3. The third kappa shape index (κ3) is 29.2. The highest BCUT2D eigenvalue weighted by molar-refractivity contribution is 5.62. The first kappa shape index (κ1) is 18.1. The first-order valence-electron chi connectivity index (χ1n) is 5.36. The Bertz CT molecular complexity index is 402. The molecule has 0 amide bonds. The molecule has 0 atom stereocenters. The Morgan fingerprint density at radius 2 is 1.78 bits per heavy atom. The lowest BCUT2D eigenvalue weighted by Gasteiger charge is -1.79. The Balaban J connectivity index is 0. The molecule has 0 heterocycles. The van der Waals surface area contributed by atoms with Crippen molar-refractivity contribution < 1.29 is 15.0 Å². The monoisotopic (exact) mass is 246 g/mol. The summed E-state index contributed by atoms with van der Waals surface area (Å²) in [4.78, 5) is 9.00. The normalized spacial score (nSPS) is 9.28. The Morgan fingerprint density at radius 1 is 1.17 bits per heavy atom. The van der Waals surface area contributed by atoms with Crippen LogP contribution in [0.15, 0.2) is 36.5 Å². The second-order valence-electron chi connectivity index (χ2n) is 2.85. The molecule has 0 aromatic carbocycles. The molecule has 0 aromatic heterocycles. The van der Waals surface area contributed by atoms with Gasteiger partial charge in [0.05, 0.1) is 0 Å². The Labute approximate surface area is 109 Å². The minimum atomic E-state index is -0.833. The maximum atomic E-state index is 9.00. The molecular weight excluding hydrogens is 228 g/mol. The maximum Gasteiger partial charge on any atom is 0.300 e. The first-order chi connectivity index (χ1) is 8.65. The fraction of sp³-hybridized carbons (Fsp3) is 0.267. The van der Waals surface area contributed by atoms with Crippen LogP contribution in [0.3, 0.4) is 0 Å². The summed E-state index contributed by atoms with van der Waals surface area (Å²) in [6.07, 6.45) is 11.8. The smallest absolute Gasteiger partial charge is 0.300 e. The zero-order valence-corrected chi connectivity index (χ0v) is 10.7. The summed E-state index contributed by atoms with van der Waals surface area (Å²) >= 11 is 0. The Morgan fingerprint density at radius 3 is 2.33 bits per heavy atom. The number of carbonyl (C=O) groups is 1. The van der Waals surface area contributed by atoms with Crippen molar-refractivity contribution in [3.05, 3.63) is 36.5 Å². The van der Waals surface area contributed by atoms with Crippen LogP contribution in [0, 0.1) is 23.7 Å². The largest absolute Gasteiger partial charge is 0.481 e. The molecule has 3 heteroatoms. The maximum absolute atomic E-state index is 9.00. The van der Waals surface area contributed by atoms with Crippen LogP contribution in [0.4, 0.5) is 0 Å². The van der Waals surface area contributed by atoms with E-state index in [4.69, 9.17) is 15.0 Å². The van der Waals surface area contributed by atoms with Crippen molar-refractivity contribution in [2.24, 2.45) is 0 Å². The van der Waals surface area contributed by atoms with Gasteiger partial charge >= 0.3 is 0 Å². The highest BCUT2D eigenvalue weighted by Gasteiger charge is 1.69. The molecule has 0 unspecified atom stereocenters. The minimum Gasteiger partial charge on any atom is -0.481 e. The third-order valence-corrected chi connectivity index (χ3v) is 1.20. The van der Waals surface area contributed by atoms with E-state index in [0.717, 1.165) is 6.92 Å². The van der Waals surface area contributed by atoms with Gasteiger partial charge in [-0.15, -0.1) is 0 Å². The lowest BCUT2D eigenvalue weighted by Crippen LogP contribution is -1.78. The van der Waals surface area contributed by atoms with Crippen LogP contribution >= 0.6 is 0 Å². The van der Waals surface area contributed by atoms with E-state index < -0.39 is 5.97 Å². The molecule has 0 aliphatic carbocycles. The van der Waals surface area contributed by atoms with E-state index in [1.54, 1.807) is 13.0 Å². The zero-order valence-electron chi connectivity index (χ0n) is 10.7. The number of carboxylic acid groups (broad SMARTS) is 1. The van der Waals surface area contributed by atoms with Crippen LogP contribution < -0.4 is 0 Å². The van der Waals surface area contributed by atoms with Crippen molar-refractivity contribution in [1.82, 2.24) is 0 Å². The van der Waals surface area contributed by atoms with Gasteiger partial charge in [0.25, 0.3) is 5.97 Å². The quantitative estimate of drug-likeness (QED) is 0.590. The van der Waals surface area contributed by atoms with Gasteiger partial charge in [-0.3, -0.25) is 4.79 Å². The van der Waals surface area contributed by atoms with Crippen molar-refractivity contribution in [3.8, 4) is 23.7 Å². The number of aliphatic hydroxyl groups excluding tert-OH is 1. The standard InChI is InChI=1S/C13H14O.C2H4O2/c1-2-3-4-5-6-7-8-9-10-11-12-13-14;1-2(3)4/h6-11,14H,12-13H2,1H3;1H3,(H,3,4)/b7-6+,9-8+,11-10+;. The molecule has 0 aromatic rings. The van der Waals surface area contributed by atoms with E-state index in [9.17, 15) is 0 Å². The molecule has 3 nitrogen and oxygen atoms in total. The van der Waals surface area contributed by atoms with Crippen molar-refractivity contribution in [2.45, 2.75) is 20.3 Å². The van der Waals surface area contributed by atoms with Gasteiger partial charge in [-0.2, -0.15) is 0 Å². The number of hydrogen-bond donors (Lipinski definition) is 2. The fourth-order valence-corrected chi connectivity index (χ4v) is 0.622. The molecule has 0 rings (SSSR count). The predicted molar refractivity (Wildman–Crippen MR) is 73.7 cm³/mol. The second-order valence-corrected chi connectivity index (χ2v) is 2.85. The van der Waals surface area contributed by atoms with Crippen LogP contribution in [0.1, 0.15) is 20.3 Å². The van der Waals surface area contributed by atoms with Crippen molar-refractivity contribution in [2.75, 3.05) is 6.61 Å². The van der Waals surface area contributed by atoms with E-state index in [-0.39, 0.29) is 6.61 Å². The van der Waals surface area contributed by atoms with Gasteiger partial charge in [0.2, 0.25) is 0 Å². The zero-order chi connectivity index (χ0) is 14.1. The summed E-state index contributed by atoms with van der Waals surface area (Å²) in [6, 6.07) is 0. The molecular formula is C15H18O3. The van der Waals surface area contributed by atoms with Gasteiger partial charge in [-0.25, -0.2) is 0 Å². The average molecular weight is 246 g/mol. The molecule has 0 fully saturated rings. The summed E-state index contributed by atoms with van der Waals surface area (Å²) in [5.74, 6) is 9.92. The molecule has 0 saturated heterocycles. The average Bonchev–Trinajstić information content (AvgIpc) is 2.31. The molecule has 2 N–H and O–H groups in total. The molecule has 96 valence electrons.